The van der Waals surface area contributed by atoms with E-state index in [0.717, 1.165) is 0 Å². The molecule has 1 heterocycles. The van der Waals surface area contributed by atoms with Gasteiger partial charge >= 0.3 is 5.97 Å². The van der Waals surface area contributed by atoms with Crippen molar-refractivity contribution in [2.24, 2.45) is 11.7 Å². The topological polar surface area (TPSA) is 200 Å². The Balaban J connectivity index is 2.82. The normalized spacial score (nSPS) is 15.9. The van der Waals surface area contributed by atoms with Gasteiger partial charge in [0, 0.05) is 18.3 Å². The number of aliphatic hydroxyl groups is 1. The van der Waals surface area contributed by atoms with Crippen LogP contribution in [0.4, 0.5) is 0 Å². The lowest BCUT2D eigenvalue weighted by Gasteiger charge is -2.28. The van der Waals surface area contributed by atoms with Crippen LogP contribution >= 0.6 is 0 Å². The number of aliphatic carboxylic acids is 1. The van der Waals surface area contributed by atoms with Gasteiger partial charge in [-0.1, -0.05) is 20.3 Å². The number of amides is 3. The Morgan fingerprint density at radius 1 is 1.13 bits per heavy atom. The number of nitrogens with zero attached hydrogens (tertiary/aromatic N) is 1. The summed E-state index contributed by atoms with van der Waals surface area (Å²) in [6, 6.07) is -3.40. The lowest BCUT2D eigenvalue weighted by Crippen LogP contribution is -2.60. The number of hydrogen-bond donors (Lipinski definition) is 7. The number of imidazole rings is 1. The molecule has 1 aromatic heterocycles. The summed E-state index contributed by atoms with van der Waals surface area (Å²) in [6.45, 7) is 4.23. The minimum atomic E-state index is -1.36. The monoisotopic (exact) mass is 426 g/mol. The highest BCUT2D eigenvalue weighted by atomic mass is 16.4. The summed E-state index contributed by atoms with van der Waals surface area (Å²) in [5, 5.41) is 25.8. The van der Waals surface area contributed by atoms with Crippen LogP contribution in [0.2, 0.25) is 0 Å². The number of rotatable bonds is 12. The van der Waals surface area contributed by atoms with E-state index in [-0.39, 0.29) is 12.3 Å². The lowest BCUT2D eigenvalue weighted by molar-refractivity contribution is -0.139. The number of carbonyl (C=O) groups excluding carboxylic acids is 3. The average molecular weight is 426 g/mol. The van der Waals surface area contributed by atoms with Crippen LogP contribution in [0.5, 0.6) is 0 Å². The van der Waals surface area contributed by atoms with Gasteiger partial charge in [-0.2, -0.15) is 0 Å². The molecule has 8 N–H and O–H groups in total. The molecule has 30 heavy (non-hydrogen) atoms. The fraction of sp³-hybridized carbons (Fsp3) is 0.611. The first kappa shape index (κ1) is 25.0. The van der Waals surface area contributed by atoms with Crippen molar-refractivity contribution >= 4 is 23.7 Å². The molecule has 5 unspecified atom stereocenters. The van der Waals surface area contributed by atoms with Crippen LogP contribution in [0.1, 0.15) is 32.9 Å². The third-order valence-electron chi connectivity index (χ3n) is 4.60. The first-order chi connectivity index (χ1) is 14.1. The Morgan fingerprint density at radius 3 is 2.27 bits per heavy atom. The summed E-state index contributed by atoms with van der Waals surface area (Å²) >= 11 is 0. The molecule has 12 heteroatoms. The van der Waals surface area contributed by atoms with Crippen molar-refractivity contribution in [3.63, 3.8) is 0 Å². The third-order valence-corrected chi connectivity index (χ3v) is 4.60. The zero-order valence-corrected chi connectivity index (χ0v) is 17.2. The molecule has 5 atom stereocenters. The van der Waals surface area contributed by atoms with Crippen molar-refractivity contribution in [3.8, 4) is 0 Å². The van der Waals surface area contributed by atoms with Crippen LogP contribution in [-0.4, -0.2) is 74.6 Å². The molecule has 168 valence electrons. The fourth-order valence-electron chi connectivity index (χ4n) is 2.61. The molecule has 12 nitrogen and oxygen atoms in total. The number of aromatic nitrogens is 2. The summed E-state index contributed by atoms with van der Waals surface area (Å²) in [5.41, 5.74) is 6.48. The van der Waals surface area contributed by atoms with Gasteiger partial charge in [0.1, 0.15) is 18.6 Å². The zero-order valence-electron chi connectivity index (χ0n) is 17.2. The van der Waals surface area contributed by atoms with Gasteiger partial charge in [-0.25, -0.2) is 4.98 Å². The highest BCUT2D eigenvalue weighted by Gasteiger charge is 2.33. The number of carbonyl (C=O) groups is 4. The molecule has 3 amide bonds. The van der Waals surface area contributed by atoms with E-state index in [0.29, 0.717) is 12.1 Å². The summed E-state index contributed by atoms with van der Waals surface area (Å²) < 4.78 is 0. The second-order valence-electron chi connectivity index (χ2n) is 7.10. The van der Waals surface area contributed by atoms with E-state index in [4.69, 9.17) is 10.8 Å². The SMILES string of the molecule is CCC(C)C(NC(=O)C(NC(=O)C(N)Cc1cnc[nH]1)C(C)O)C(=O)NCC(=O)O. The maximum atomic E-state index is 12.7. The van der Waals surface area contributed by atoms with E-state index in [1.807, 2.05) is 0 Å². The van der Waals surface area contributed by atoms with Gasteiger partial charge < -0.3 is 36.9 Å². The molecule has 0 saturated carbocycles. The molecule has 0 bridgehead atoms. The quantitative estimate of drug-likeness (QED) is 0.196. The van der Waals surface area contributed by atoms with Crippen LogP contribution in [0.25, 0.3) is 0 Å². The molecule has 0 saturated heterocycles. The molecule has 0 aliphatic heterocycles. The first-order valence-corrected chi connectivity index (χ1v) is 9.57. The molecule has 0 aliphatic carbocycles. The van der Waals surface area contributed by atoms with Crippen LogP contribution in [0.3, 0.4) is 0 Å². The highest BCUT2D eigenvalue weighted by molar-refractivity contribution is 5.94. The average Bonchev–Trinajstić information content (AvgIpc) is 3.19. The maximum Gasteiger partial charge on any atom is 0.322 e. The largest absolute Gasteiger partial charge is 0.480 e. The van der Waals surface area contributed by atoms with Crippen molar-refractivity contribution in [2.45, 2.75) is 57.8 Å². The number of nitrogens with two attached hydrogens (primary N) is 1. The predicted molar refractivity (Wildman–Crippen MR) is 106 cm³/mol. The van der Waals surface area contributed by atoms with E-state index in [9.17, 15) is 24.3 Å². The predicted octanol–water partition coefficient (Wildman–Crippen LogP) is -2.12. The molecule has 0 radical (unpaired) electrons. The smallest absolute Gasteiger partial charge is 0.322 e. The molecule has 1 rings (SSSR count). The van der Waals surface area contributed by atoms with Crippen molar-refractivity contribution in [1.82, 2.24) is 25.9 Å². The Labute approximate surface area is 174 Å². The van der Waals surface area contributed by atoms with Gasteiger partial charge in [0.2, 0.25) is 17.7 Å². The van der Waals surface area contributed by atoms with E-state index in [1.54, 1.807) is 13.8 Å². The van der Waals surface area contributed by atoms with Gasteiger partial charge in [-0.3, -0.25) is 19.2 Å². The van der Waals surface area contributed by atoms with Crippen molar-refractivity contribution < 1.29 is 29.4 Å². The summed E-state index contributed by atoms with van der Waals surface area (Å²) in [4.78, 5) is 54.7. The van der Waals surface area contributed by atoms with E-state index in [1.165, 1.54) is 19.4 Å². The molecular formula is C18H30N6O6. The minimum absolute atomic E-state index is 0.146. The maximum absolute atomic E-state index is 12.7. The van der Waals surface area contributed by atoms with Gasteiger partial charge in [0.15, 0.2) is 0 Å². The van der Waals surface area contributed by atoms with Crippen LogP contribution in [0, 0.1) is 5.92 Å². The highest BCUT2D eigenvalue weighted by Crippen LogP contribution is 2.09. The number of nitrogens with one attached hydrogen (secondary N) is 4. The third kappa shape index (κ3) is 7.79. The lowest BCUT2D eigenvalue weighted by atomic mass is 9.97. The minimum Gasteiger partial charge on any atom is -0.480 e. The van der Waals surface area contributed by atoms with Gasteiger partial charge in [0.25, 0.3) is 0 Å². The number of carboxylic acid groups (broad SMARTS) is 1. The summed E-state index contributed by atoms with van der Waals surface area (Å²) in [5.74, 6) is -3.68. The second-order valence-corrected chi connectivity index (χ2v) is 7.10. The van der Waals surface area contributed by atoms with E-state index in [2.05, 4.69) is 25.9 Å². The van der Waals surface area contributed by atoms with Gasteiger partial charge in [0.05, 0.1) is 18.5 Å². The molecule has 0 spiro atoms. The van der Waals surface area contributed by atoms with Crippen molar-refractivity contribution in [1.29, 1.82) is 0 Å². The molecule has 0 aromatic carbocycles. The number of H-pyrrole nitrogens is 1. The number of aromatic amines is 1. The number of aliphatic hydroxyl groups excluding tert-OH is 1. The fourth-order valence-corrected chi connectivity index (χ4v) is 2.61. The van der Waals surface area contributed by atoms with Gasteiger partial charge in [-0.15, -0.1) is 0 Å². The standard InChI is InChI=1S/C18H30N6O6/c1-4-9(2)14(17(29)21-7-13(26)27)23-18(30)15(10(3)25)24-16(28)12(19)5-11-6-20-8-22-11/h6,8-10,12,14-15,25H,4-5,7,19H2,1-3H3,(H,20,22)(H,21,29)(H,23,30)(H,24,28)(H,26,27). The molecule has 0 aliphatic rings. The van der Waals surface area contributed by atoms with E-state index < -0.39 is 54.5 Å². The van der Waals surface area contributed by atoms with Crippen LogP contribution < -0.4 is 21.7 Å². The molecule has 1 aromatic rings. The Bertz CT molecular complexity index is 723. The summed E-state index contributed by atoms with van der Waals surface area (Å²) in [7, 11) is 0. The Hall–Kier alpha value is -2.99. The van der Waals surface area contributed by atoms with Crippen molar-refractivity contribution in [2.75, 3.05) is 6.54 Å². The number of carboxylic acids is 1. The Morgan fingerprint density at radius 2 is 1.77 bits per heavy atom. The second kappa shape index (κ2) is 11.9. The van der Waals surface area contributed by atoms with Crippen LogP contribution in [0.15, 0.2) is 12.5 Å². The zero-order chi connectivity index (χ0) is 22.8. The number of hydrogen-bond acceptors (Lipinski definition) is 7. The van der Waals surface area contributed by atoms with Crippen LogP contribution in [-0.2, 0) is 25.6 Å². The Kier molecular flexibility index (Phi) is 9.92. The first-order valence-electron chi connectivity index (χ1n) is 9.57. The van der Waals surface area contributed by atoms with Crippen molar-refractivity contribution in [3.05, 3.63) is 18.2 Å². The van der Waals surface area contributed by atoms with E-state index >= 15 is 0 Å². The molecular weight excluding hydrogens is 396 g/mol. The molecule has 0 fully saturated rings. The summed E-state index contributed by atoms with van der Waals surface area (Å²) in [6.07, 6.45) is 2.35. The van der Waals surface area contributed by atoms with Gasteiger partial charge in [-0.05, 0) is 12.8 Å².